The topological polar surface area (TPSA) is 40.5 Å². The molecule has 0 bridgehead atoms. The number of aliphatic carboxylic acids is 1. The highest BCUT2D eigenvalue weighted by molar-refractivity contribution is 6.30. The van der Waals surface area contributed by atoms with Crippen molar-refractivity contribution in [2.75, 3.05) is 6.54 Å². The van der Waals surface area contributed by atoms with Crippen LogP contribution in [0.5, 0.6) is 0 Å². The minimum Gasteiger partial charge on any atom is -0.480 e. The number of carboxylic acids is 1. The van der Waals surface area contributed by atoms with Gasteiger partial charge in [0.2, 0.25) is 0 Å². The third-order valence-electron chi connectivity index (χ3n) is 4.55. The molecule has 1 N–H and O–H groups in total. The molecule has 3 nitrogen and oxygen atoms in total. The van der Waals surface area contributed by atoms with E-state index in [1.54, 1.807) is 30.3 Å². The Kier molecular flexibility index (Phi) is 5.17. The van der Waals surface area contributed by atoms with Crippen molar-refractivity contribution in [3.63, 3.8) is 0 Å². The Morgan fingerprint density at radius 1 is 1.17 bits per heavy atom. The van der Waals surface area contributed by atoms with Crippen LogP contribution in [0.2, 0.25) is 5.02 Å². The molecule has 0 saturated carbocycles. The lowest BCUT2D eigenvalue weighted by atomic mass is 9.91. The molecule has 1 aliphatic heterocycles. The Balaban J connectivity index is 2.09. The Bertz CT molecular complexity index is 720. The second-order valence-electron chi connectivity index (χ2n) is 6.06. The van der Waals surface area contributed by atoms with Crippen LogP contribution in [0, 0.1) is 5.82 Å². The first-order valence-corrected chi connectivity index (χ1v) is 8.44. The molecular weight excluding hydrogens is 329 g/mol. The maximum atomic E-state index is 14.5. The summed E-state index contributed by atoms with van der Waals surface area (Å²) in [6, 6.07) is 12.7. The first kappa shape index (κ1) is 16.9. The van der Waals surface area contributed by atoms with E-state index in [1.165, 1.54) is 6.07 Å². The molecule has 0 amide bonds. The molecule has 0 aromatic heterocycles. The summed E-state index contributed by atoms with van der Waals surface area (Å²) < 4.78 is 14.5. The number of nitrogens with zero attached hydrogens (tertiary/aromatic N) is 1. The predicted molar refractivity (Wildman–Crippen MR) is 91.7 cm³/mol. The van der Waals surface area contributed by atoms with Gasteiger partial charge >= 0.3 is 5.97 Å². The van der Waals surface area contributed by atoms with E-state index in [9.17, 15) is 14.3 Å². The van der Waals surface area contributed by atoms with Gasteiger partial charge in [-0.25, -0.2) is 4.39 Å². The molecular formula is C19H19ClFNO2. The molecule has 2 atom stereocenters. The Morgan fingerprint density at radius 2 is 1.88 bits per heavy atom. The fraction of sp³-hybridized carbons (Fsp3) is 0.316. The van der Waals surface area contributed by atoms with Crippen LogP contribution in [-0.4, -0.2) is 28.6 Å². The predicted octanol–water partition coefficient (Wildman–Crippen LogP) is 4.51. The van der Waals surface area contributed by atoms with Gasteiger partial charge in [-0.1, -0.05) is 48.4 Å². The Morgan fingerprint density at radius 3 is 2.54 bits per heavy atom. The third kappa shape index (κ3) is 3.45. The van der Waals surface area contributed by atoms with Gasteiger partial charge in [-0.15, -0.1) is 0 Å². The number of benzene rings is 2. The summed E-state index contributed by atoms with van der Waals surface area (Å²) in [7, 11) is 0. The van der Waals surface area contributed by atoms with Crippen molar-refractivity contribution in [3.8, 4) is 0 Å². The van der Waals surface area contributed by atoms with E-state index >= 15 is 0 Å². The highest BCUT2D eigenvalue weighted by Gasteiger charge is 2.36. The molecule has 0 aliphatic carbocycles. The van der Waals surface area contributed by atoms with Gasteiger partial charge in [0.1, 0.15) is 11.9 Å². The second kappa shape index (κ2) is 7.32. The van der Waals surface area contributed by atoms with E-state index in [-0.39, 0.29) is 5.82 Å². The van der Waals surface area contributed by atoms with E-state index in [2.05, 4.69) is 0 Å². The number of rotatable bonds is 4. The average molecular weight is 348 g/mol. The van der Waals surface area contributed by atoms with Gasteiger partial charge in [-0.2, -0.15) is 0 Å². The number of likely N-dealkylation sites (tertiary alicyclic amines) is 1. The molecule has 0 radical (unpaired) electrons. The van der Waals surface area contributed by atoms with Crippen molar-refractivity contribution in [1.29, 1.82) is 0 Å². The van der Waals surface area contributed by atoms with Crippen LogP contribution in [-0.2, 0) is 4.79 Å². The molecule has 1 aliphatic rings. The summed E-state index contributed by atoms with van der Waals surface area (Å²) in [5.74, 6) is -1.18. The van der Waals surface area contributed by atoms with E-state index in [0.717, 1.165) is 18.4 Å². The van der Waals surface area contributed by atoms with Gasteiger partial charge in [0, 0.05) is 10.6 Å². The van der Waals surface area contributed by atoms with Crippen molar-refractivity contribution in [2.24, 2.45) is 0 Å². The van der Waals surface area contributed by atoms with Crippen LogP contribution in [0.4, 0.5) is 4.39 Å². The molecule has 1 heterocycles. The average Bonchev–Trinajstić information content (AvgIpc) is 2.59. The maximum absolute atomic E-state index is 14.5. The van der Waals surface area contributed by atoms with Gasteiger partial charge in [0.15, 0.2) is 0 Å². The summed E-state index contributed by atoms with van der Waals surface area (Å²) in [4.78, 5) is 13.6. The van der Waals surface area contributed by atoms with Gasteiger partial charge < -0.3 is 5.11 Å². The van der Waals surface area contributed by atoms with Crippen LogP contribution in [0.3, 0.4) is 0 Å². The lowest BCUT2D eigenvalue weighted by Gasteiger charge is -2.39. The lowest BCUT2D eigenvalue weighted by Crippen LogP contribution is -2.47. The van der Waals surface area contributed by atoms with Crippen LogP contribution < -0.4 is 0 Å². The van der Waals surface area contributed by atoms with Crippen molar-refractivity contribution >= 4 is 17.6 Å². The lowest BCUT2D eigenvalue weighted by molar-refractivity contribution is -0.145. The van der Waals surface area contributed by atoms with Gasteiger partial charge in [-0.05, 0) is 43.1 Å². The van der Waals surface area contributed by atoms with Crippen LogP contribution >= 0.6 is 11.6 Å². The van der Waals surface area contributed by atoms with Crippen LogP contribution in [0.15, 0.2) is 48.5 Å². The van der Waals surface area contributed by atoms with E-state index in [0.29, 0.717) is 23.6 Å². The minimum absolute atomic E-state index is 0.327. The maximum Gasteiger partial charge on any atom is 0.320 e. The zero-order valence-electron chi connectivity index (χ0n) is 13.2. The van der Waals surface area contributed by atoms with Crippen LogP contribution in [0.25, 0.3) is 0 Å². The standard InChI is InChI=1S/C19H19ClFNO2/c20-14-10-8-13(9-11-14)18(15-5-1-2-6-16(15)21)22-12-4-3-7-17(22)19(23)24/h1-2,5-6,8-11,17-18H,3-4,7,12H2,(H,23,24). The summed E-state index contributed by atoms with van der Waals surface area (Å²) in [5, 5.41) is 10.2. The van der Waals surface area contributed by atoms with Crippen molar-refractivity contribution in [2.45, 2.75) is 31.3 Å². The fourth-order valence-electron chi connectivity index (χ4n) is 3.42. The first-order chi connectivity index (χ1) is 11.6. The molecule has 24 heavy (non-hydrogen) atoms. The summed E-state index contributed by atoms with van der Waals surface area (Å²) >= 11 is 5.98. The first-order valence-electron chi connectivity index (χ1n) is 8.06. The third-order valence-corrected chi connectivity index (χ3v) is 4.80. The highest BCUT2D eigenvalue weighted by Crippen LogP contribution is 2.35. The molecule has 2 aromatic rings. The number of halogens is 2. The number of hydrogen-bond acceptors (Lipinski definition) is 2. The molecule has 3 rings (SSSR count). The van der Waals surface area contributed by atoms with Crippen molar-refractivity contribution in [3.05, 3.63) is 70.5 Å². The van der Waals surface area contributed by atoms with E-state index in [1.807, 2.05) is 17.0 Å². The molecule has 2 aromatic carbocycles. The summed E-state index contributed by atoms with van der Waals surface area (Å²) in [6.07, 6.45) is 2.36. The molecule has 0 spiro atoms. The largest absolute Gasteiger partial charge is 0.480 e. The Hall–Kier alpha value is -1.91. The number of carbonyl (C=O) groups is 1. The molecule has 2 unspecified atom stereocenters. The second-order valence-corrected chi connectivity index (χ2v) is 6.50. The van der Waals surface area contributed by atoms with E-state index in [4.69, 9.17) is 11.6 Å². The van der Waals surface area contributed by atoms with Gasteiger partial charge in [-0.3, -0.25) is 9.69 Å². The zero-order chi connectivity index (χ0) is 17.1. The normalized spacial score (nSPS) is 19.8. The fourth-order valence-corrected chi connectivity index (χ4v) is 3.55. The van der Waals surface area contributed by atoms with Crippen molar-refractivity contribution < 1.29 is 14.3 Å². The molecule has 1 fully saturated rings. The minimum atomic E-state index is -0.856. The summed E-state index contributed by atoms with van der Waals surface area (Å²) in [5.41, 5.74) is 1.34. The highest BCUT2D eigenvalue weighted by atomic mass is 35.5. The van der Waals surface area contributed by atoms with Gasteiger partial charge in [0.25, 0.3) is 0 Å². The Labute approximate surface area is 145 Å². The smallest absolute Gasteiger partial charge is 0.320 e. The van der Waals surface area contributed by atoms with Crippen molar-refractivity contribution in [1.82, 2.24) is 4.90 Å². The zero-order valence-corrected chi connectivity index (χ0v) is 13.9. The SMILES string of the molecule is O=C(O)C1CCCCN1C(c1ccc(Cl)cc1)c1ccccc1F. The number of hydrogen-bond donors (Lipinski definition) is 1. The van der Waals surface area contributed by atoms with E-state index < -0.39 is 18.1 Å². The monoisotopic (exact) mass is 347 g/mol. The summed E-state index contributed by atoms with van der Waals surface area (Å²) in [6.45, 7) is 0.624. The van der Waals surface area contributed by atoms with Crippen LogP contribution in [0.1, 0.15) is 36.4 Å². The number of piperidine rings is 1. The molecule has 5 heteroatoms. The number of carboxylic acid groups (broad SMARTS) is 1. The van der Waals surface area contributed by atoms with Gasteiger partial charge in [0.05, 0.1) is 6.04 Å². The quantitative estimate of drug-likeness (QED) is 0.884. The molecule has 126 valence electrons. The molecule has 1 saturated heterocycles.